The molecule has 1 unspecified atom stereocenters. The van der Waals surface area contributed by atoms with Crippen molar-refractivity contribution in [2.75, 3.05) is 34.4 Å². The van der Waals surface area contributed by atoms with Gasteiger partial charge in [-0.3, -0.25) is 0 Å². The van der Waals surface area contributed by atoms with E-state index in [9.17, 15) is 13.2 Å². The Morgan fingerprint density at radius 3 is 2.00 bits per heavy atom. The lowest BCUT2D eigenvalue weighted by molar-refractivity contribution is -0.107. The zero-order valence-corrected chi connectivity index (χ0v) is 16.8. The maximum Gasteiger partial charge on any atom is 0.238 e. The summed E-state index contributed by atoms with van der Waals surface area (Å²) in [6.07, 6.45) is 0.774. The number of primary sulfonamides is 1. The van der Waals surface area contributed by atoms with E-state index in [0.717, 1.165) is 17.4 Å². The Morgan fingerprint density at radius 1 is 1.00 bits per heavy atom. The van der Waals surface area contributed by atoms with Crippen molar-refractivity contribution in [1.29, 1.82) is 0 Å². The van der Waals surface area contributed by atoms with Crippen LogP contribution in [-0.2, 0) is 14.8 Å². The van der Waals surface area contributed by atoms with E-state index < -0.39 is 10.0 Å². The summed E-state index contributed by atoms with van der Waals surface area (Å²) in [6.45, 7) is 0.627. The topological polar surface area (TPSA) is 117 Å². The fraction of sp³-hybridized carbons (Fsp3) is 0.316. The summed E-state index contributed by atoms with van der Waals surface area (Å²) in [6, 6.07) is 9.93. The van der Waals surface area contributed by atoms with Gasteiger partial charge in [0.25, 0.3) is 0 Å². The monoisotopic (exact) mass is 408 g/mol. The molecule has 0 aliphatic rings. The van der Waals surface area contributed by atoms with Crippen LogP contribution in [0.1, 0.15) is 17.0 Å². The van der Waals surface area contributed by atoms with Gasteiger partial charge in [-0.25, -0.2) is 13.6 Å². The van der Waals surface area contributed by atoms with E-state index in [2.05, 4.69) is 5.32 Å². The third kappa shape index (κ3) is 5.00. The van der Waals surface area contributed by atoms with E-state index in [-0.39, 0.29) is 17.4 Å². The molecule has 2 rings (SSSR count). The number of rotatable bonds is 10. The molecule has 8 nitrogen and oxygen atoms in total. The number of nitrogens with two attached hydrogens (primary N) is 1. The Bertz CT molecular complexity index is 888. The molecule has 0 aliphatic carbocycles. The van der Waals surface area contributed by atoms with Gasteiger partial charge in [0, 0.05) is 12.5 Å². The first-order valence-corrected chi connectivity index (χ1v) is 9.97. The predicted octanol–water partition coefficient (Wildman–Crippen LogP) is 1.28. The Balaban J connectivity index is 2.52. The molecule has 9 heteroatoms. The molecular formula is C19H24N2O6S. The number of sulfonamides is 1. The third-order valence-electron chi connectivity index (χ3n) is 4.28. The smallest absolute Gasteiger partial charge is 0.238 e. The van der Waals surface area contributed by atoms with Crippen molar-refractivity contribution in [3.63, 3.8) is 0 Å². The van der Waals surface area contributed by atoms with Gasteiger partial charge in [-0.1, -0.05) is 12.1 Å². The van der Waals surface area contributed by atoms with Gasteiger partial charge in [0.15, 0.2) is 11.5 Å². The molecule has 28 heavy (non-hydrogen) atoms. The maximum absolute atomic E-state index is 11.5. The molecule has 0 radical (unpaired) electrons. The highest BCUT2D eigenvalue weighted by molar-refractivity contribution is 7.89. The van der Waals surface area contributed by atoms with Crippen LogP contribution in [0.4, 0.5) is 0 Å². The van der Waals surface area contributed by atoms with Gasteiger partial charge >= 0.3 is 0 Å². The molecular weight excluding hydrogens is 384 g/mol. The molecule has 0 bridgehead atoms. The molecule has 0 aliphatic heterocycles. The van der Waals surface area contributed by atoms with Gasteiger partial charge < -0.3 is 24.3 Å². The minimum Gasteiger partial charge on any atom is -0.493 e. The number of carbonyl (C=O) groups excluding carboxylic acids is 1. The number of hydrogen-bond acceptors (Lipinski definition) is 7. The molecule has 1 atom stereocenters. The number of aldehydes is 1. The zero-order chi connectivity index (χ0) is 20.7. The van der Waals surface area contributed by atoms with Gasteiger partial charge in [0.1, 0.15) is 6.29 Å². The normalized spacial score (nSPS) is 12.3. The van der Waals surface area contributed by atoms with Crippen molar-refractivity contribution in [2.24, 2.45) is 5.14 Å². The molecule has 0 spiro atoms. The fourth-order valence-corrected chi connectivity index (χ4v) is 3.42. The van der Waals surface area contributed by atoms with Crippen LogP contribution in [0.5, 0.6) is 17.2 Å². The van der Waals surface area contributed by atoms with E-state index in [1.54, 1.807) is 12.1 Å². The van der Waals surface area contributed by atoms with Crippen LogP contribution in [-0.4, -0.2) is 49.1 Å². The summed E-state index contributed by atoms with van der Waals surface area (Å²) >= 11 is 0. The maximum atomic E-state index is 11.5. The van der Waals surface area contributed by atoms with E-state index in [1.807, 2.05) is 12.1 Å². The molecule has 0 heterocycles. The van der Waals surface area contributed by atoms with Crippen molar-refractivity contribution in [3.8, 4) is 17.2 Å². The highest BCUT2D eigenvalue weighted by Crippen LogP contribution is 2.41. The molecule has 0 saturated heterocycles. The second-order valence-electron chi connectivity index (χ2n) is 5.95. The SMILES string of the molecule is COc1cc(C(CNCC=O)c2ccc(S(N)(=O)=O)cc2)cc(OC)c1OC. The highest BCUT2D eigenvalue weighted by Gasteiger charge is 2.21. The Hall–Kier alpha value is -2.62. The van der Waals surface area contributed by atoms with Crippen LogP contribution in [0.3, 0.4) is 0 Å². The van der Waals surface area contributed by atoms with Crippen molar-refractivity contribution in [2.45, 2.75) is 10.8 Å². The summed E-state index contributed by atoms with van der Waals surface area (Å²) < 4.78 is 39.2. The molecule has 152 valence electrons. The second kappa shape index (κ2) is 9.54. The van der Waals surface area contributed by atoms with Crippen LogP contribution in [0.25, 0.3) is 0 Å². The number of carbonyl (C=O) groups is 1. The molecule has 3 N–H and O–H groups in total. The third-order valence-corrected chi connectivity index (χ3v) is 5.21. The minimum atomic E-state index is -3.78. The van der Waals surface area contributed by atoms with Crippen molar-refractivity contribution >= 4 is 16.3 Å². The van der Waals surface area contributed by atoms with E-state index in [4.69, 9.17) is 19.3 Å². The number of nitrogens with one attached hydrogen (secondary N) is 1. The van der Waals surface area contributed by atoms with Gasteiger partial charge in [-0.15, -0.1) is 0 Å². The summed E-state index contributed by atoms with van der Waals surface area (Å²) in [5.41, 5.74) is 1.68. The predicted molar refractivity (Wildman–Crippen MR) is 105 cm³/mol. The largest absolute Gasteiger partial charge is 0.493 e. The Labute approximate surface area is 164 Å². The van der Waals surface area contributed by atoms with Gasteiger partial charge in [0.05, 0.1) is 32.8 Å². The van der Waals surface area contributed by atoms with Gasteiger partial charge in [-0.2, -0.15) is 0 Å². The summed E-state index contributed by atoms with van der Waals surface area (Å²) in [5.74, 6) is 1.26. The summed E-state index contributed by atoms with van der Waals surface area (Å²) in [5, 5.41) is 8.23. The molecule has 0 saturated carbocycles. The lowest BCUT2D eigenvalue weighted by Crippen LogP contribution is -2.24. The summed E-state index contributed by atoms with van der Waals surface area (Å²) in [4.78, 5) is 10.7. The fourth-order valence-electron chi connectivity index (χ4n) is 2.91. The second-order valence-corrected chi connectivity index (χ2v) is 7.51. The highest BCUT2D eigenvalue weighted by atomic mass is 32.2. The Morgan fingerprint density at radius 2 is 1.57 bits per heavy atom. The van der Waals surface area contributed by atoms with E-state index >= 15 is 0 Å². The Kier molecular flexibility index (Phi) is 7.38. The van der Waals surface area contributed by atoms with Crippen molar-refractivity contribution < 1.29 is 27.4 Å². The first kappa shape index (κ1) is 21.7. The molecule has 2 aromatic rings. The van der Waals surface area contributed by atoms with Crippen LogP contribution < -0.4 is 24.7 Å². The van der Waals surface area contributed by atoms with Crippen molar-refractivity contribution in [1.82, 2.24) is 5.32 Å². The number of hydrogen-bond donors (Lipinski definition) is 2. The first-order chi connectivity index (χ1) is 13.3. The van der Waals surface area contributed by atoms with Crippen LogP contribution in [0.2, 0.25) is 0 Å². The average molecular weight is 408 g/mol. The first-order valence-electron chi connectivity index (χ1n) is 8.42. The molecule has 0 fully saturated rings. The molecule has 0 amide bonds. The number of ether oxygens (including phenoxy) is 3. The van der Waals surface area contributed by atoms with Gasteiger partial charge in [0.2, 0.25) is 15.8 Å². The van der Waals surface area contributed by atoms with Gasteiger partial charge in [-0.05, 0) is 35.4 Å². The van der Waals surface area contributed by atoms with Crippen LogP contribution >= 0.6 is 0 Å². The quantitative estimate of drug-likeness (QED) is 0.449. The summed E-state index contributed by atoms with van der Waals surface area (Å²) in [7, 11) is 0.802. The average Bonchev–Trinajstić information content (AvgIpc) is 2.69. The van der Waals surface area contributed by atoms with Crippen LogP contribution in [0, 0.1) is 0 Å². The lowest BCUT2D eigenvalue weighted by Gasteiger charge is -2.21. The minimum absolute atomic E-state index is 0.0285. The lowest BCUT2D eigenvalue weighted by atomic mass is 9.90. The standard InChI is InChI=1S/C19H24N2O6S/c1-25-17-10-14(11-18(26-2)19(17)27-3)16(12-21-8-9-22)13-4-6-15(7-5-13)28(20,23)24/h4-7,9-11,16,21H,8,12H2,1-3H3,(H2,20,23,24). The zero-order valence-electron chi connectivity index (χ0n) is 16.0. The molecule has 0 aromatic heterocycles. The van der Waals surface area contributed by atoms with Crippen LogP contribution in [0.15, 0.2) is 41.3 Å². The number of benzene rings is 2. The van der Waals surface area contributed by atoms with E-state index in [0.29, 0.717) is 23.8 Å². The van der Waals surface area contributed by atoms with Crippen molar-refractivity contribution in [3.05, 3.63) is 47.5 Å². The van der Waals surface area contributed by atoms with E-state index in [1.165, 1.54) is 33.5 Å². The molecule has 2 aromatic carbocycles. The number of methoxy groups -OCH3 is 3.